The fourth-order valence-corrected chi connectivity index (χ4v) is 3.64. The number of rotatable bonds is 6. The van der Waals surface area contributed by atoms with Crippen LogP contribution in [-0.4, -0.2) is 35.0 Å². The molecule has 29 heavy (non-hydrogen) atoms. The van der Waals surface area contributed by atoms with Crippen LogP contribution in [0.5, 0.6) is 11.5 Å². The Hall–Kier alpha value is -2.82. The third-order valence-electron chi connectivity index (χ3n) is 5.40. The fraction of sp³-hybridized carbons (Fsp3) is 0.417. The second-order valence-electron chi connectivity index (χ2n) is 8.78. The minimum atomic E-state index is -0.895. The number of carboxylic acid groups (broad SMARTS) is 1. The van der Waals surface area contributed by atoms with E-state index in [2.05, 4.69) is 45.9 Å². The van der Waals surface area contributed by atoms with Gasteiger partial charge in [-0.15, -0.1) is 0 Å². The van der Waals surface area contributed by atoms with Gasteiger partial charge in [0.2, 0.25) is 5.91 Å². The standard InChI is InChI=1S/C24H29NO4/c1-16-6-5-7-20(24(2,3)4)22(16)29-19-10-8-17(9-11-19)12-13-25-15-18(23(27)28)14-21(25)26/h5-11,18H,12-15H2,1-4H3,(H,27,28). The van der Waals surface area contributed by atoms with Gasteiger partial charge in [0, 0.05) is 25.1 Å². The zero-order valence-corrected chi connectivity index (χ0v) is 17.6. The molecule has 0 aromatic heterocycles. The Morgan fingerprint density at radius 2 is 1.86 bits per heavy atom. The Morgan fingerprint density at radius 1 is 1.17 bits per heavy atom. The first-order valence-corrected chi connectivity index (χ1v) is 10.0. The number of likely N-dealkylation sites (tertiary alicyclic amines) is 1. The molecule has 0 aliphatic carbocycles. The van der Waals surface area contributed by atoms with E-state index in [1.54, 1.807) is 4.90 Å². The molecule has 1 amide bonds. The summed E-state index contributed by atoms with van der Waals surface area (Å²) in [5.74, 6) is 0.121. The second-order valence-corrected chi connectivity index (χ2v) is 8.78. The summed E-state index contributed by atoms with van der Waals surface area (Å²) < 4.78 is 6.23. The zero-order valence-electron chi connectivity index (χ0n) is 17.6. The van der Waals surface area contributed by atoms with E-state index in [4.69, 9.17) is 9.84 Å². The Bertz CT molecular complexity index is 896. The molecule has 1 aliphatic heterocycles. The molecule has 1 unspecified atom stereocenters. The maximum absolute atomic E-state index is 12.0. The lowest BCUT2D eigenvalue weighted by atomic mass is 9.85. The molecule has 1 heterocycles. The normalized spacial score (nSPS) is 16.9. The summed E-state index contributed by atoms with van der Waals surface area (Å²) in [7, 11) is 0. The molecule has 5 nitrogen and oxygen atoms in total. The van der Waals surface area contributed by atoms with Crippen molar-refractivity contribution in [1.82, 2.24) is 4.90 Å². The Morgan fingerprint density at radius 3 is 2.45 bits per heavy atom. The van der Waals surface area contributed by atoms with Gasteiger partial charge in [0.05, 0.1) is 5.92 Å². The van der Waals surface area contributed by atoms with Gasteiger partial charge in [-0.25, -0.2) is 0 Å². The van der Waals surface area contributed by atoms with Crippen molar-refractivity contribution in [2.75, 3.05) is 13.1 Å². The van der Waals surface area contributed by atoms with E-state index in [-0.39, 0.29) is 17.7 Å². The molecule has 3 rings (SSSR count). The number of para-hydroxylation sites is 1. The predicted octanol–water partition coefficient (Wildman–Crippen LogP) is 4.56. The van der Waals surface area contributed by atoms with Gasteiger partial charge in [0.25, 0.3) is 0 Å². The lowest BCUT2D eigenvalue weighted by Crippen LogP contribution is -2.28. The van der Waals surface area contributed by atoms with Crippen LogP contribution < -0.4 is 4.74 Å². The predicted molar refractivity (Wildman–Crippen MR) is 112 cm³/mol. The van der Waals surface area contributed by atoms with Gasteiger partial charge in [-0.1, -0.05) is 51.1 Å². The van der Waals surface area contributed by atoms with Crippen LogP contribution in [0.3, 0.4) is 0 Å². The van der Waals surface area contributed by atoms with Crippen LogP contribution in [0, 0.1) is 12.8 Å². The molecule has 1 aliphatic rings. The highest BCUT2D eigenvalue weighted by molar-refractivity contribution is 5.86. The molecule has 1 saturated heterocycles. The monoisotopic (exact) mass is 395 g/mol. The first-order chi connectivity index (χ1) is 13.6. The van der Waals surface area contributed by atoms with E-state index < -0.39 is 11.9 Å². The van der Waals surface area contributed by atoms with E-state index in [0.717, 1.165) is 22.6 Å². The van der Waals surface area contributed by atoms with Crippen molar-refractivity contribution >= 4 is 11.9 Å². The molecule has 0 spiro atoms. The van der Waals surface area contributed by atoms with Crippen LogP contribution in [0.2, 0.25) is 0 Å². The molecule has 1 fully saturated rings. The van der Waals surface area contributed by atoms with E-state index in [0.29, 0.717) is 19.5 Å². The number of carbonyl (C=O) groups is 2. The van der Waals surface area contributed by atoms with E-state index in [9.17, 15) is 9.59 Å². The first-order valence-electron chi connectivity index (χ1n) is 10.0. The summed E-state index contributed by atoms with van der Waals surface area (Å²) in [5, 5.41) is 9.08. The summed E-state index contributed by atoms with van der Waals surface area (Å²) in [6.07, 6.45) is 0.796. The molecule has 0 bridgehead atoms. The number of aliphatic carboxylic acids is 1. The average Bonchev–Trinajstić information content (AvgIpc) is 3.03. The number of nitrogens with zero attached hydrogens (tertiary/aromatic N) is 1. The topological polar surface area (TPSA) is 66.8 Å². The van der Waals surface area contributed by atoms with E-state index in [1.807, 2.05) is 24.3 Å². The number of carbonyl (C=O) groups excluding carboxylic acids is 1. The number of aryl methyl sites for hydroxylation is 1. The zero-order chi connectivity index (χ0) is 21.2. The van der Waals surface area contributed by atoms with Gasteiger partial charge in [-0.2, -0.15) is 0 Å². The molecule has 2 aromatic rings. The van der Waals surface area contributed by atoms with Crippen molar-refractivity contribution in [2.24, 2.45) is 5.92 Å². The van der Waals surface area contributed by atoms with Gasteiger partial charge in [0.15, 0.2) is 0 Å². The first kappa shape index (κ1) is 20.9. The van der Waals surface area contributed by atoms with Crippen LogP contribution in [0.1, 0.15) is 43.9 Å². The highest BCUT2D eigenvalue weighted by Crippen LogP contribution is 2.36. The third-order valence-corrected chi connectivity index (χ3v) is 5.40. The maximum atomic E-state index is 12.0. The van der Waals surface area contributed by atoms with Gasteiger partial charge in [0.1, 0.15) is 11.5 Å². The Kier molecular flexibility index (Phi) is 5.96. The summed E-state index contributed by atoms with van der Waals surface area (Å²) >= 11 is 0. The van der Waals surface area contributed by atoms with Gasteiger partial charge < -0.3 is 14.7 Å². The van der Waals surface area contributed by atoms with Crippen LogP contribution in [-0.2, 0) is 21.4 Å². The van der Waals surface area contributed by atoms with Gasteiger partial charge in [-0.3, -0.25) is 9.59 Å². The largest absolute Gasteiger partial charge is 0.481 e. The molecular formula is C24H29NO4. The number of hydrogen-bond donors (Lipinski definition) is 1. The quantitative estimate of drug-likeness (QED) is 0.779. The number of carboxylic acids is 1. The van der Waals surface area contributed by atoms with Crippen LogP contribution in [0.4, 0.5) is 0 Å². The average molecular weight is 395 g/mol. The summed E-state index contributed by atoms with van der Waals surface area (Å²) in [4.78, 5) is 24.7. The van der Waals surface area contributed by atoms with E-state index in [1.165, 1.54) is 5.56 Å². The van der Waals surface area contributed by atoms with Crippen LogP contribution in [0.15, 0.2) is 42.5 Å². The number of ether oxygens (including phenoxy) is 1. The lowest BCUT2D eigenvalue weighted by Gasteiger charge is -2.24. The third kappa shape index (κ3) is 4.97. The molecule has 154 valence electrons. The Labute approximate surface area is 172 Å². The van der Waals surface area contributed by atoms with Crippen LogP contribution >= 0.6 is 0 Å². The second kappa shape index (κ2) is 8.27. The van der Waals surface area contributed by atoms with Crippen LogP contribution in [0.25, 0.3) is 0 Å². The van der Waals surface area contributed by atoms with Crippen molar-refractivity contribution in [3.63, 3.8) is 0 Å². The molecule has 0 radical (unpaired) electrons. The summed E-state index contributed by atoms with van der Waals surface area (Å²) in [6, 6.07) is 14.1. The molecule has 1 atom stereocenters. The Balaban J connectivity index is 1.65. The van der Waals surface area contributed by atoms with Crippen molar-refractivity contribution < 1.29 is 19.4 Å². The molecule has 5 heteroatoms. The van der Waals surface area contributed by atoms with Crippen molar-refractivity contribution in [3.8, 4) is 11.5 Å². The summed E-state index contributed by atoms with van der Waals surface area (Å²) in [5.41, 5.74) is 3.34. The fourth-order valence-electron chi connectivity index (χ4n) is 3.64. The molecule has 1 N–H and O–H groups in total. The van der Waals surface area contributed by atoms with Crippen molar-refractivity contribution in [2.45, 2.75) is 46.0 Å². The lowest BCUT2D eigenvalue weighted by molar-refractivity contribution is -0.141. The number of amides is 1. The minimum absolute atomic E-state index is 0.0165. The van der Waals surface area contributed by atoms with E-state index >= 15 is 0 Å². The van der Waals surface area contributed by atoms with Gasteiger partial charge in [-0.05, 0) is 42.0 Å². The van der Waals surface area contributed by atoms with Crippen molar-refractivity contribution in [1.29, 1.82) is 0 Å². The number of benzene rings is 2. The molecule has 0 saturated carbocycles. The van der Waals surface area contributed by atoms with Crippen molar-refractivity contribution in [3.05, 3.63) is 59.2 Å². The maximum Gasteiger partial charge on any atom is 0.308 e. The summed E-state index contributed by atoms with van der Waals surface area (Å²) in [6.45, 7) is 9.41. The highest BCUT2D eigenvalue weighted by atomic mass is 16.5. The number of hydrogen-bond acceptors (Lipinski definition) is 3. The molecule has 2 aromatic carbocycles. The smallest absolute Gasteiger partial charge is 0.308 e. The SMILES string of the molecule is Cc1cccc(C(C)(C)C)c1Oc1ccc(CCN2CC(C(=O)O)CC2=O)cc1. The minimum Gasteiger partial charge on any atom is -0.481 e. The highest BCUT2D eigenvalue weighted by Gasteiger charge is 2.33. The molecular weight excluding hydrogens is 366 g/mol. The van der Waals surface area contributed by atoms with Gasteiger partial charge >= 0.3 is 5.97 Å².